The molecule has 0 fully saturated rings. The van der Waals surface area contributed by atoms with Crippen LogP contribution >= 0.6 is 0 Å². The number of nitrogens with zero attached hydrogens (tertiary/aromatic N) is 1. The van der Waals surface area contributed by atoms with E-state index in [0.717, 1.165) is 29.7 Å². The van der Waals surface area contributed by atoms with Gasteiger partial charge in [0, 0.05) is 16.6 Å². The van der Waals surface area contributed by atoms with E-state index in [1.165, 1.54) is 36.6 Å². The molecule has 0 spiro atoms. The van der Waals surface area contributed by atoms with Gasteiger partial charge in [-0.05, 0) is 43.4 Å². The largest absolute Gasteiger partial charge is 0.496 e. The van der Waals surface area contributed by atoms with Gasteiger partial charge in [-0.15, -0.1) is 0 Å². The molecule has 1 heterocycles. The van der Waals surface area contributed by atoms with Crippen LogP contribution in [0.5, 0.6) is 5.75 Å². The summed E-state index contributed by atoms with van der Waals surface area (Å²) < 4.78 is 12.9. The van der Waals surface area contributed by atoms with Crippen molar-refractivity contribution >= 4 is 16.9 Å². The summed E-state index contributed by atoms with van der Waals surface area (Å²) in [6.07, 6.45) is 4.49. The fraction of sp³-hybridized carbons (Fsp3) is 0.318. The Bertz CT molecular complexity index is 971. The maximum atomic E-state index is 12.4. The fourth-order valence-corrected chi connectivity index (χ4v) is 4.14. The van der Waals surface area contributed by atoms with Gasteiger partial charge in [0.15, 0.2) is 0 Å². The minimum absolute atomic E-state index is 0.285. The zero-order valence-electron chi connectivity index (χ0n) is 15.2. The van der Waals surface area contributed by atoms with Gasteiger partial charge in [-0.3, -0.25) is 0 Å². The molecule has 0 bridgehead atoms. The Morgan fingerprint density at radius 1 is 1.04 bits per heavy atom. The number of benzene rings is 2. The van der Waals surface area contributed by atoms with Crippen LogP contribution in [0, 0.1) is 0 Å². The molecule has 2 aromatic carbocycles. The van der Waals surface area contributed by atoms with Gasteiger partial charge in [0.05, 0.1) is 31.8 Å². The van der Waals surface area contributed by atoms with Crippen molar-refractivity contribution in [3.63, 3.8) is 0 Å². The van der Waals surface area contributed by atoms with Crippen LogP contribution in [-0.2, 0) is 24.1 Å². The van der Waals surface area contributed by atoms with Gasteiger partial charge >= 0.3 is 5.97 Å². The molecule has 0 saturated carbocycles. The Balaban J connectivity index is 1.96. The van der Waals surface area contributed by atoms with E-state index >= 15 is 0 Å². The second kappa shape index (κ2) is 6.87. The molecule has 1 aliphatic carbocycles. The van der Waals surface area contributed by atoms with E-state index in [1.807, 2.05) is 30.3 Å². The standard InChI is InChI=1S/C22H23NO3/c1-25-20-13-6-3-8-15(20)14-23-19-12-5-4-9-16(19)17-10-7-11-18(21(17)23)22(24)26-2/h3,6-8,10-11,13H,4-5,9,12,14H2,1-2H3. The lowest BCUT2D eigenvalue weighted by molar-refractivity contribution is 0.0602. The number of rotatable bonds is 4. The van der Waals surface area contributed by atoms with Crippen molar-refractivity contribution in [3.05, 3.63) is 64.8 Å². The Kier molecular flexibility index (Phi) is 4.41. The lowest BCUT2D eigenvalue weighted by atomic mass is 9.95. The average Bonchev–Trinajstić information content (AvgIpc) is 3.02. The molecule has 0 amide bonds. The minimum Gasteiger partial charge on any atom is -0.496 e. The molecule has 0 saturated heterocycles. The molecule has 134 valence electrons. The van der Waals surface area contributed by atoms with Crippen LogP contribution < -0.4 is 4.74 Å². The van der Waals surface area contributed by atoms with Crippen LogP contribution in [0.2, 0.25) is 0 Å². The van der Waals surface area contributed by atoms with E-state index in [1.54, 1.807) is 7.11 Å². The number of para-hydroxylation sites is 2. The number of fused-ring (bicyclic) bond motifs is 3. The maximum Gasteiger partial charge on any atom is 0.340 e. The highest BCUT2D eigenvalue weighted by molar-refractivity contribution is 6.04. The van der Waals surface area contributed by atoms with Crippen molar-refractivity contribution in [2.75, 3.05) is 14.2 Å². The van der Waals surface area contributed by atoms with Gasteiger partial charge in [0.1, 0.15) is 5.75 Å². The summed E-state index contributed by atoms with van der Waals surface area (Å²) in [5, 5.41) is 1.18. The summed E-state index contributed by atoms with van der Waals surface area (Å²) in [4.78, 5) is 12.4. The quantitative estimate of drug-likeness (QED) is 0.657. The summed E-state index contributed by atoms with van der Waals surface area (Å²) in [5.74, 6) is 0.584. The number of aryl methyl sites for hydroxylation is 1. The molecule has 1 aliphatic rings. The maximum absolute atomic E-state index is 12.4. The molecule has 4 rings (SSSR count). The van der Waals surface area contributed by atoms with E-state index < -0.39 is 0 Å². The van der Waals surface area contributed by atoms with Crippen molar-refractivity contribution in [3.8, 4) is 5.75 Å². The van der Waals surface area contributed by atoms with Gasteiger partial charge in [-0.25, -0.2) is 4.79 Å². The lowest BCUT2D eigenvalue weighted by Crippen LogP contribution is -2.11. The summed E-state index contributed by atoms with van der Waals surface area (Å²) in [7, 11) is 3.14. The minimum atomic E-state index is -0.285. The highest BCUT2D eigenvalue weighted by atomic mass is 16.5. The zero-order chi connectivity index (χ0) is 18.1. The Labute approximate surface area is 153 Å². The molecular formula is C22H23NO3. The normalized spacial score (nSPS) is 13.5. The third-order valence-electron chi connectivity index (χ3n) is 5.32. The molecule has 0 atom stereocenters. The number of carbonyl (C=O) groups excluding carboxylic acids is 1. The fourth-order valence-electron chi connectivity index (χ4n) is 4.14. The molecule has 1 aromatic heterocycles. The summed E-state index contributed by atoms with van der Waals surface area (Å²) in [5.41, 5.74) is 5.45. The van der Waals surface area contributed by atoms with Crippen molar-refractivity contribution in [1.82, 2.24) is 4.57 Å². The number of aromatic nitrogens is 1. The van der Waals surface area contributed by atoms with Crippen molar-refractivity contribution < 1.29 is 14.3 Å². The molecule has 0 aliphatic heterocycles. The van der Waals surface area contributed by atoms with Gasteiger partial charge in [0.25, 0.3) is 0 Å². The molecule has 4 nitrogen and oxygen atoms in total. The van der Waals surface area contributed by atoms with Crippen LogP contribution in [-0.4, -0.2) is 24.8 Å². The molecule has 26 heavy (non-hydrogen) atoms. The van der Waals surface area contributed by atoms with Crippen molar-refractivity contribution in [2.24, 2.45) is 0 Å². The highest BCUT2D eigenvalue weighted by Crippen LogP contribution is 2.35. The molecular weight excluding hydrogens is 326 g/mol. The zero-order valence-corrected chi connectivity index (χ0v) is 15.2. The highest BCUT2D eigenvalue weighted by Gasteiger charge is 2.24. The second-order valence-corrected chi connectivity index (χ2v) is 6.72. The van der Waals surface area contributed by atoms with Crippen molar-refractivity contribution in [2.45, 2.75) is 32.2 Å². The average molecular weight is 349 g/mol. The van der Waals surface area contributed by atoms with Crippen LogP contribution in [0.15, 0.2) is 42.5 Å². The van der Waals surface area contributed by atoms with Gasteiger partial charge < -0.3 is 14.0 Å². The second-order valence-electron chi connectivity index (χ2n) is 6.72. The first-order valence-corrected chi connectivity index (χ1v) is 9.07. The van der Waals surface area contributed by atoms with E-state index in [4.69, 9.17) is 9.47 Å². The first-order chi connectivity index (χ1) is 12.7. The Morgan fingerprint density at radius 3 is 2.65 bits per heavy atom. The SMILES string of the molecule is COC(=O)c1cccc2c3c(n(Cc4ccccc4OC)c12)CCCC3. The monoisotopic (exact) mass is 349 g/mol. The smallest absolute Gasteiger partial charge is 0.340 e. The third-order valence-corrected chi connectivity index (χ3v) is 5.32. The van der Waals surface area contributed by atoms with Gasteiger partial charge in [-0.2, -0.15) is 0 Å². The predicted molar refractivity (Wildman–Crippen MR) is 102 cm³/mol. The van der Waals surface area contributed by atoms with Gasteiger partial charge in [0.2, 0.25) is 0 Å². The first kappa shape index (κ1) is 16.7. The van der Waals surface area contributed by atoms with E-state index in [0.29, 0.717) is 12.1 Å². The van der Waals surface area contributed by atoms with E-state index in [2.05, 4.69) is 16.7 Å². The van der Waals surface area contributed by atoms with E-state index in [9.17, 15) is 4.79 Å². The first-order valence-electron chi connectivity index (χ1n) is 9.07. The lowest BCUT2D eigenvalue weighted by Gasteiger charge is -2.17. The van der Waals surface area contributed by atoms with Gasteiger partial charge in [-0.1, -0.05) is 30.3 Å². The number of esters is 1. The number of carbonyl (C=O) groups is 1. The molecule has 0 unspecified atom stereocenters. The van der Waals surface area contributed by atoms with Crippen LogP contribution in [0.3, 0.4) is 0 Å². The van der Waals surface area contributed by atoms with Crippen LogP contribution in [0.25, 0.3) is 10.9 Å². The molecule has 0 N–H and O–H groups in total. The topological polar surface area (TPSA) is 40.5 Å². The number of hydrogen-bond acceptors (Lipinski definition) is 3. The Morgan fingerprint density at radius 2 is 1.85 bits per heavy atom. The summed E-state index contributed by atoms with van der Waals surface area (Å²) >= 11 is 0. The van der Waals surface area contributed by atoms with Crippen LogP contribution in [0.1, 0.15) is 40.0 Å². The van der Waals surface area contributed by atoms with E-state index in [-0.39, 0.29) is 5.97 Å². The summed E-state index contributed by atoms with van der Waals surface area (Å²) in [6.45, 7) is 0.684. The van der Waals surface area contributed by atoms with Crippen LogP contribution in [0.4, 0.5) is 0 Å². The van der Waals surface area contributed by atoms with Crippen molar-refractivity contribution in [1.29, 1.82) is 0 Å². The number of hydrogen-bond donors (Lipinski definition) is 0. The molecule has 4 heteroatoms. The predicted octanol–water partition coefficient (Wildman–Crippen LogP) is 4.36. The molecule has 3 aromatic rings. The third kappa shape index (κ3) is 2.66. The summed E-state index contributed by atoms with van der Waals surface area (Å²) in [6, 6.07) is 14.0. The number of methoxy groups -OCH3 is 2. The molecule has 0 radical (unpaired) electrons. The Hall–Kier alpha value is -2.75. The number of ether oxygens (including phenoxy) is 2.